The minimum atomic E-state index is -0.0786. The van der Waals surface area contributed by atoms with Crippen molar-refractivity contribution >= 4 is 29.4 Å². The third-order valence-corrected chi connectivity index (χ3v) is 5.34. The van der Waals surface area contributed by atoms with E-state index in [1.54, 1.807) is 25.2 Å². The Kier molecular flexibility index (Phi) is 6.83. The second-order valence-electron chi connectivity index (χ2n) is 7.12. The number of halogens is 1. The molecule has 8 nitrogen and oxygen atoms in total. The van der Waals surface area contributed by atoms with Gasteiger partial charge in [-0.15, -0.1) is 0 Å². The van der Waals surface area contributed by atoms with E-state index in [4.69, 9.17) is 16.9 Å². The number of nitrogens with zero attached hydrogens (tertiary/aromatic N) is 4. The average molecular weight is 414 g/mol. The fourth-order valence-electron chi connectivity index (χ4n) is 3.49. The number of anilines is 2. The lowest BCUT2D eigenvalue weighted by molar-refractivity contribution is -0.126. The number of benzene rings is 1. The molecule has 3 rings (SSSR count). The number of hydrogen-bond acceptors (Lipinski definition) is 7. The molecule has 9 heteroatoms. The van der Waals surface area contributed by atoms with E-state index in [-0.39, 0.29) is 17.9 Å². The molecule has 1 saturated carbocycles. The lowest BCUT2D eigenvalue weighted by Gasteiger charge is -2.29. The highest BCUT2D eigenvalue weighted by atomic mass is 35.5. The largest absolute Gasteiger partial charge is 0.357 e. The molecule has 152 valence electrons. The molecule has 1 aliphatic carbocycles. The van der Waals surface area contributed by atoms with Crippen LogP contribution in [0.1, 0.15) is 42.6 Å². The maximum absolute atomic E-state index is 12.7. The molecular formula is C20H24ClN7O. The Bertz CT molecular complexity index is 928. The molecule has 2 atom stereocenters. The summed E-state index contributed by atoms with van der Waals surface area (Å²) in [4.78, 5) is 25.5. The van der Waals surface area contributed by atoms with Crippen LogP contribution in [0.5, 0.6) is 0 Å². The zero-order chi connectivity index (χ0) is 20.8. The fourth-order valence-corrected chi connectivity index (χ4v) is 3.73. The van der Waals surface area contributed by atoms with Gasteiger partial charge >= 0.3 is 0 Å². The summed E-state index contributed by atoms with van der Waals surface area (Å²) in [5, 5.41) is 18.6. The van der Waals surface area contributed by atoms with Crippen LogP contribution >= 0.6 is 11.6 Å². The summed E-state index contributed by atoms with van der Waals surface area (Å²) in [5.41, 5.74) is 1.30. The Balaban J connectivity index is 1.57. The van der Waals surface area contributed by atoms with E-state index < -0.39 is 0 Å². The first-order chi connectivity index (χ1) is 14.0. The van der Waals surface area contributed by atoms with Crippen molar-refractivity contribution < 1.29 is 4.79 Å². The van der Waals surface area contributed by atoms with E-state index in [1.165, 1.54) is 0 Å². The smallest absolute Gasteiger partial charge is 0.227 e. The highest BCUT2D eigenvalue weighted by Crippen LogP contribution is 2.27. The normalized spacial score (nSPS) is 18.6. The Labute approximate surface area is 175 Å². The maximum atomic E-state index is 12.7. The Morgan fingerprint density at radius 3 is 2.79 bits per heavy atom. The van der Waals surface area contributed by atoms with Crippen molar-refractivity contribution in [2.24, 2.45) is 5.92 Å². The van der Waals surface area contributed by atoms with Gasteiger partial charge in [-0.2, -0.15) is 20.2 Å². The quantitative estimate of drug-likeness (QED) is 0.666. The van der Waals surface area contributed by atoms with Gasteiger partial charge in [0.1, 0.15) is 5.82 Å². The summed E-state index contributed by atoms with van der Waals surface area (Å²) in [6.45, 7) is 2.16. The lowest BCUT2D eigenvalue weighted by Crippen LogP contribution is -2.37. The van der Waals surface area contributed by atoms with Crippen LogP contribution in [-0.4, -0.2) is 33.9 Å². The third kappa shape index (κ3) is 5.55. The number of amides is 1. The van der Waals surface area contributed by atoms with E-state index in [2.05, 4.69) is 37.0 Å². The van der Waals surface area contributed by atoms with Gasteiger partial charge in [-0.1, -0.05) is 24.1 Å². The van der Waals surface area contributed by atoms with Crippen molar-refractivity contribution in [3.05, 3.63) is 40.2 Å². The number of nitriles is 1. The number of aryl methyl sites for hydroxylation is 1. The molecule has 0 spiro atoms. The average Bonchev–Trinajstić information content (AvgIpc) is 2.72. The fraction of sp³-hybridized carbons (Fsp3) is 0.450. The molecule has 0 radical (unpaired) electrons. The summed E-state index contributed by atoms with van der Waals surface area (Å²) < 4.78 is 0. The van der Waals surface area contributed by atoms with Crippen LogP contribution in [-0.2, 0) is 11.3 Å². The Morgan fingerprint density at radius 1 is 1.28 bits per heavy atom. The van der Waals surface area contributed by atoms with Crippen LogP contribution in [0.3, 0.4) is 0 Å². The second kappa shape index (κ2) is 9.52. The topological polar surface area (TPSA) is 116 Å². The molecule has 1 amide bonds. The lowest BCUT2D eigenvalue weighted by atomic mass is 9.85. The summed E-state index contributed by atoms with van der Waals surface area (Å²) in [6.07, 6.45) is 3.48. The number of hydrogen-bond donors (Lipinski definition) is 3. The van der Waals surface area contributed by atoms with E-state index >= 15 is 0 Å². The molecule has 0 aliphatic heterocycles. The molecule has 1 aromatic heterocycles. The number of aromatic nitrogens is 3. The van der Waals surface area contributed by atoms with Crippen molar-refractivity contribution in [1.82, 2.24) is 20.3 Å². The van der Waals surface area contributed by atoms with E-state index in [9.17, 15) is 4.79 Å². The predicted molar refractivity (Wildman–Crippen MR) is 111 cm³/mol. The van der Waals surface area contributed by atoms with Crippen LogP contribution in [0, 0.1) is 24.2 Å². The first kappa shape index (κ1) is 20.8. The third-order valence-electron chi connectivity index (χ3n) is 4.98. The van der Waals surface area contributed by atoms with Gasteiger partial charge in [0.05, 0.1) is 11.6 Å². The van der Waals surface area contributed by atoms with E-state index in [1.807, 2.05) is 6.92 Å². The molecular weight excluding hydrogens is 390 g/mol. The number of carbonyl (C=O) groups is 1. The molecule has 2 aromatic rings. The van der Waals surface area contributed by atoms with Crippen LogP contribution in [0.15, 0.2) is 18.2 Å². The number of nitrogens with one attached hydrogen (secondary N) is 3. The van der Waals surface area contributed by atoms with E-state index in [0.29, 0.717) is 41.3 Å². The van der Waals surface area contributed by atoms with Crippen molar-refractivity contribution in [2.75, 3.05) is 17.7 Å². The van der Waals surface area contributed by atoms with Crippen molar-refractivity contribution in [1.29, 1.82) is 5.26 Å². The molecule has 29 heavy (non-hydrogen) atoms. The van der Waals surface area contributed by atoms with Gasteiger partial charge in [0.15, 0.2) is 0 Å². The molecule has 1 fully saturated rings. The second-order valence-corrected chi connectivity index (χ2v) is 7.53. The number of carbonyl (C=O) groups excluding carboxylic acids is 1. The molecule has 1 aromatic carbocycles. The highest BCUT2D eigenvalue weighted by Gasteiger charge is 2.27. The SMILES string of the molecule is CNc1nc(C)nc(N[C@@H]2CCC[C@H](C(=O)NCc3ccc(C#N)cc3Cl)C2)n1. The summed E-state index contributed by atoms with van der Waals surface area (Å²) in [6, 6.07) is 7.26. The minimum Gasteiger partial charge on any atom is -0.357 e. The van der Waals surface area contributed by atoms with Gasteiger partial charge in [-0.25, -0.2) is 0 Å². The van der Waals surface area contributed by atoms with Crippen LogP contribution in [0.2, 0.25) is 5.02 Å². The van der Waals surface area contributed by atoms with Crippen LogP contribution in [0.4, 0.5) is 11.9 Å². The first-order valence-electron chi connectivity index (χ1n) is 9.61. The van der Waals surface area contributed by atoms with Crippen molar-refractivity contribution in [2.45, 2.75) is 45.2 Å². The highest BCUT2D eigenvalue weighted by molar-refractivity contribution is 6.31. The van der Waals surface area contributed by atoms with Crippen LogP contribution < -0.4 is 16.0 Å². The van der Waals surface area contributed by atoms with E-state index in [0.717, 1.165) is 24.8 Å². The standard InChI is InChI=1S/C20H24ClN7O/c1-12-25-19(23-2)28-20(26-12)27-16-5-3-4-14(9-16)18(29)24-11-15-7-6-13(10-22)8-17(15)21/h6-8,14,16H,3-5,9,11H2,1-2H3,(H,24,29)(H2,23,25,26,27,28)/t14-,16+/m0/s1. The Hall–Kier alpha value is -2.92. The van der Waals surface area contributed by atoms with Crippen molar-refractivity contribution in [3.63, 3.8) is 0 Å². The van der Waals surface area contributed by atoms with Gasteiger partial charge in [-0.05, 0) is 43.9 Å². The molecule has 3 N–H and O–H groups in total. The first-order valence-corrected chi connectivity index (χ1v) is 9.99. The van der Waals surface area contributed by atoms with Gasteiger partial charge in [-0.3, -0.25) is 4.79 Å². The maximum Gasteiger partial charge on any atom is 0.227 e. The Morgan fingerprint density at radius 2 is 2.07 bits per heavy atom. The molecule has 0 unspecified atom stereocenters. The molecule has 0 bridgehead atoms. The zero-order valence-corrected chi connectivity index (χ0v) is 17.3. The van der Waals surface area contributed by atoms with Crippen LogP contribution in [0.25, 0.3) is 0 Å². The molecule has 1 heterocycles. The van der Waals surface area contributed by atoms with Gasteiger partial charge in [0.25, 0.3) is 0 Å². The minimum absolute atomic E-state index is 0.0136. The zero-order valence-electron chi connectivity index (χ0n) is 16.5. The summed E-state index contributed by atoms with van der Waals surface area (Å²) >= 11 is 6.19. The predicted octanol–water partition coefficient (Wildman–Crippen LogP) is 3.03. The number of rotatable bonds is 6. The molecule has 0 saturated heterocycles. The van der Waals surface area contributed by atoms with Gasteiger partial charge in [0, 0.05) is 30.6 Å². The molecule has 1 aliphatic rings. The summed E-state index contributed by atoms with van der Waals surface area (Å²) in [7, 11) is 1.76. The summed E-state index contributed by atoms with van der Waals surface area (Å²) in [5.74, 6) is 1.61. The van der Waals surface area contributed by atoms with Gasteiger partial charge < -0.3 is 16.0 Å². The van der Waals surface area contributed by atoms with Crippen molar-refractivity contribution in [3.8, 4) is 6.07 Å². The van der Waals surface area contributed by atoms with Gasteiger partial charge in [0.2, 0.25) is 17.8 Å². The monoisotopic (exact) mass is 413 g/mol.